The van der Waals surface area contributed by atoms with Crippen LogP contribution in [0.25, 0.3) is 0 Å². The van der Waals surface area contributed by atoms with Gasteiger partial charge in [-0.1, -0.05) is 11.6 Å². The van der Waals surface area contributed by atoms with Crippen molar-refractivity contribution in [1.82, 2.24) is 4.98 Å². The third kappa shape index (κ3) is 2.93. The normalized spacial score (nSPS) is 11.9. The molecule has 1 rings (SSSR count). The number of nitrogens with one attached hydrogen (secondary N) is 1. The van der Waals surface area contributed by atoms with Crippen molar-refractivity contribution in [2.45, 2.75) is 13.8 Å². The van der Waals surface area contributed by atoms with Gasteiger partial charge in [0.2, 0.25) is 5.91 Å². The van der Waals surface area contributed by atoms with E-state index in [0.29, 0.717) is 5.69 Å². The second-order valence-electron chi connectivity index (χ2n) is 3.40. The summed E-state index contributed by atoms with van der Waals surface area (Å²) in [4.78, 5) is 25.9. The van der Waals surface area contributed by atoms with E-state index in [1.54, 1.807) is 19.2 Å². The Morgan fingerprint density at radius 2 is 2.19 bits per heavy atom. The monoisotopic (exact) mass is 242 g/mol. The van der Waals surface area contributed by atoms with Crippen LogP contribution < -0.4 is 5.32 Å². The summed E-state index contributed by atoms with van der Waals surface area (Å²) in [7, 11) is 0. The van der Waals surface area contributed by atoms with Gasteiger partial charge in [-0.3, -0.25) is 9.59 Å². The van der Waals surface area contributed by atoms with Gasteiger partial charge < -0.3 is 10.4 Å². The largest absolute Gasteiger partial charge is 0.481 e. The zero-order valence-electron chi connectivity index (χ0n) is 8.82. The molecule has 1 aromatic rings. The van der Waals surface area contributed by atoms with E-state index in [9.17, 15) is 9.59 Å². The fourth-order valence-electron chi connectivity index (χ4n) is 0.993. The van der Waals surface area contributed by atoms with Gasteiger partial charge in [-0.15, -0.1) is 0 Å². The van der Waals surface area contributed by atoms with Crippen molar-refractivity contribution in [3.05, 3.63) is 23.0 Å². The van der Waals surface area contributed by atoms with Crippen molar-refractivity contribution >= 4 is 29.2 Å². The standard InChI is InChI=1S/C10H11ClN2O3/c1-5-3-7(8(11)12-4-5)13-9(14)6(2)10(15)16/h3-4,6H,1-2H3,(H,13,14)(H,15,16). The van der Waals surface area contributed by atoms with Crippen LogP contribution in [0.15, 0.2) is 12.3 Å². The first-order valence-electron chi connectivity index (χ1n) is 4.57. The summed E-state index contributed by atoms with van der Waals surface area (Å²) in [5, 5.41) is 11.2. The number of nitrogens with zero attached hydrogens (tertiary/aromatic N) is 1. The lowest BCUT2D eigenvalue weighted by atomic mass is 10.1. The van der Waals surface area contributed by atoms with Crippen LogP contribution in [-0.2, 0) is 9.59 Å². The van der Waals surface area contributed by atoms with Crippen molar-refractivity contribution in [2.24, 2.45) is 5.92 Å². The summed E-state index contributed by atoms with van der Waals surface area (Å²) in [5.74, 6) is -2.94. The van der Waals surface area contributed by atoms with Crippen LogP contribution in [0.5, 0.6) is 0 Å². The van der Waals surface area contributed by atoms with Gasteiger partial charge in [0, 0.05) is 6.20 Å². The molecule has 0 spiro atoms. The molecule has 5 nitrogen and oxygen atoms in total. The van der Waals surface area contributed by atoms with E-state index in [1.807, 2.05) is 0 Å². The summed E-state index contributed by atoms with van der Waals surface area (Å²) in [6.45, 7) is 3.09. The topological polar surface area (TPSA) is 79.3 Å². The molecule has 0 radical (unpaired) electrons. The molecule has 16 heavy (non-hydrogen) atoms. The molecule has 86 valence electrons. The molecule has 2 N–H and O–H groups in total. The fourth-order valence-corrected chi connectivity index (χ4v) is 1.14. The van der Waals surface area contributed by atoms with E-state index in [0.717, 1.165) is 5.56 Å². The number of carboxylic acids is 1. The minimum Gasteiger partial charge on any atom is -0.481 e. The SMILES string of the molecule is Cc1cnc(Cl)c(NC(=O)C(C)C(=O)O)c1. The molecule has 1 aromatic heterocycles. The number of aryl methyl sites for hydroxylation is 1. The number of halogens is 1. The van der Waals surface area contributed by atoms with Crippen LogP contribution in [0, 0.1) is 12.8 Å². The second kappa shape index (κ2) is 4.94. The lowest BCUT2D eigenvalue weighted by Gasteiger charge is -2.09. The van der Waals surface area contributed by atoms with Crippen LogP contribution >= 0.6 is 11.6 Å². The Labute approximate surface area is 97.4 Å². The number of aromatic nitrogens is 1. The number of amides is 1. The minimum atomic E-state index is -1.19. The Hall–Kier alpha value is -1.62. The molecule has 0 aliphatic rings. The number of hydrogen-bond donors (Lipinski definition) is 2. The molecule has 0 saturated carbocycles. The highest BCUT2D eigenvalue weighted by molar-refractivity contribution is 6.32. The average Bonchev–Trinajstić information content (AvgIpc) is 2.22. The molecule has 1 unspecified atom stereocenters. The zero-order valence-corrected chi connectivity index (χ0v) is 9.58. The van der Waals surface area contributed by atoms with Gasteiger partial charge in [0.25, 0.3) is 0 Å². The maximum absolute atomic E-state index is 11.4. The summed E-state index contributed by atoms with van der Waals surface area (Å²) >= 11 is 5.75. The summed E-state index contributed by atoms with van der Waals surface area (Å²) < 4.78 is 0. The fraction of sp³-hybridized carbons (Fsp3) is 0.300. The highest BCUT2D eigenvalue weighted by Crippen LogP contribution is 2.20. The third-order valence-electron chi connectivity index (χ3n) is 2.00. The number of carbonyl (C=O) groups is 2. The molecule has 0 bridgehead atoms. The van der Waals surface area contributed by atoms with Crippen LogP contribution in [-0.4, -0.2) is 22.0 Å². The summed E-state index contributed by atoms with van der Waals surface area (Å²) in [6.07, 6.45) is 1.55. The van der Waals surface area contributed by atoms with Crippen LogP contribution in [0.4, 0.5) is 5.69 Å². The number of carboxylic acid groups (broad SMARTS) is 1. The van der Waals surface area contributed by atoms with Gasteiger partial charge in [-0.2, -0.15) is 0 Å². The van der Waals surface area contributed by atoms with Crippen LogP contribution in [0.1, 0.15) is 12.5 Å². The highest BCUT2D eigenvalue weighted by atomic mass is 35.5. The number of pyridine rings is 1. The Bertz CT molecular complexity index is 434. The number of aliphatic carboxylic acids is 1. The van der Waals surface area contributed by atoms with E-state index in [-0.39, 0.29) is 5.15 Å². The van der Waals surface area contributed by atoms with Crippen LogP contribution in [0.3, 0.4) is 0 Å². The van der Waals surface area contributed by atoms with E-state index in [1.165, 1.54) is 6.92 Å². The van der Waals surface area contributed by atoms with E-state index >= 15 is 0 Å². The molecule has 1 atom stereocenters. The summed E-state index contributed by atoms with van der Waals surface area (Å²) in [5.41, 5.74) is 1.14. The maximum atomic E-state index is 11.4. The van der Waals surface area contributed by atoms with Crippen LogP contribution in [0.2, 0.25) is 5.15 Å². The number of rotatable bonds is 3. The lowest BCUT2D eigenvalue weighted by Crippen LogP contribution is -2.27. The van der Waals surface area contributed by atoms with E-state index in [4.69, 9.17) is 16.7 Å². The Morgan fingerprint density at radius 3 is 2.75 bits per heavy atom. The van der Waals surface area contributed by atoms with Gasteiger partial charge in [0.05, 0.1) is 5.69 Å². The predicted molar refractivity (Wildman–Crippen MR) is 59.4 cm³/mol. The minimum absolute atomic E-state index is 0.136. The molecule has 0 fully saturated rings. The first-order valence-corrected chi connectivity index (χ1v) is 4.95. The van der Waals surface area contributed by atoms with E-state index in [2.05, 4.69) is 10.3 Å². The Morgan fingerprint density at radius 1 is 1.56 bits per heavy atom. The number of carbonyl (C=O) groups excluding carboxylic acids is 1. The van der Waals surface area contributed by atoms with Gasteiger partial charge in [0.15, 0.2) is 5.15 Å². The zero-order chi connectivity index (χ0) is 12.3. The first kappa shape index (κ1) is 12.4. The Balaban J connectivity index is 2.84. The van der Waals surface area contributed by atoms with Crippen molar-refractivity contribution in [1.29, 1.82) is 0 Å². The van der Waals surface area contributed by atoms with Gasteiger partial charge in [0.1, 0.15) is 5.92 Å². The average molecular weight is 243 g/mol. The molecule has 1 amide bonds. The molecule has 6 heteroatoms. The molecule has 0 saturated heterocycles. The number of hydrogen-bond acceptors (Lipinski definition) is 3. The van der Waals surface area contributed by atoms with Crippen molar-refractivity contribution in [2.75, 3.05) is 5.32 Å². The summed E-state index contributed by atoms with van der Waals surface area (Å²) in [6, 6.07) is 1.63. The van der Waals surface area contributed by atoms with Crippen molar-refractivity contribution in [3.8, 4) is 0 Å². The molecule has 0 aliphatic heterocycles. The number of anilines is 1. The van der Waals surface area contributed by atoms with Crippen molar-refractivity contribution in [3.63, 3.8) is 0 Å². The molecule has 0 aliphatic carbocycles. The second-order valence-corrected chi connectivity index (χ2v) is 3.76. The van der Waals surface area contributed by atoms with Crippen molar-refractivity contribution < 1.29 is 14.7 Å². The van der Waals surface area contributed by atoms with Gasteiger partial charge in [-0.25, -0.2) is 4.98 Å². The van der Waals surface area contributed by atoms with Gasteiger partial charge >= 0.3 is 5.97 Å². The highest BCUT2D eigenvalue weighted by Gasteiger charge is 2.21. The van der Waals surface area contributed by atoms with Gasteiger partial charge in [-0.05, 0) is 25.5 Å². The quantitative estimate of drug-likeness (QED) is 0.625. The first-order chi connectivity index (χ1) is 7.41. The Kier molecular flexibility index (Phi) is 3.84. The maximum Gasteiger partial charge on any atom is 0.315 e. The molecular formula is C10H11ClN2O3. The molecular weight excluding hydrogens is 232 g/mol. The smallest absolute Gasteiger partial charge is 0.315 e. The lowest BCUT2D eigenvalue weighted by molar-refractivity contribution is -0.144. The predicted octanol–water partition coefficient (Wildman–Crippen LogP) is 1.70. The molecule has 1 heterocycles. The molecule has 0 aromatic carbocycles. The third-order valence-corrected chi connectivity index (χ3v) is 2.30. The van der Waals surface area contributed by atoms with E-state index < -0.39 is 17.8 Å².